The number of carbonyl (C=O) groups is 1. The molecule has 8 heavy (non-hydrogen) atoms. The fourth-order valence-electron chi connectivity index (χ4n) is 0. The molecule has 0 amide bonds. The molecule has 0 fully saturated rings. The van der Waals surface area contributed by atoms with Gasteiger partial charge in [-0.2, -0.15) is 0 Å². The first-order valence-electron chi connectivity index (χ1n) is 1.43. The molecule has 0 rings (SSSR count). The summed E-state index contributed by atoms with van der Waals surface area (Å²) < 4.78 is 0. The van der Waals surface area contributed by atoms with E-state index in [-0.39, 0.29) is 0 Å². The second-order valence-corrected chi connectivity index (χ2v) is 5.69. The molecule has 0 aromatic rings. The molecule has 0 heterocycles. The molecule has 0 spiro atoms. The summed E-state index contributed by atoms with van der Waals surface area (Å²) in [6.07, 6.45) is 0. The first-order chi connectivity index (χ1) is 3.46. The monoisotopic (exact) mass is 196 g/mol. The largest absolute Gasteiger partial charge is 0.481 e. The summed E-state index contributed by atoms with van der Waals surface area (Å²) in [7, 11) is 0. The van der Waals surface area contributed by atoms with Gasteiger partial charge in [-0.25, -0.2) is 0 Å². The maximum atomic E-state index is 9.00. The van der Waals surface area contributed by atoms with Crippen molar-refractivity contribution in [3.8, 4) is 0 Å². The summed E-state index contributed by atoms with van der Waals surface area (Å²) >= 11 is 14.6. The number of hydrogen-bond acceptors (Lipinski definition) is 1. The summed E-state index contributed by atoms with van der Waals surface area (Å²) in [4.78, 5) is 9.00. The van der Waals surface area contributed by atoms with Crippen LogP contribution in [0.15, 0.2) is 0 Å². The average molecular weight is 197 g/mol. The standard InChI is InChI=1S/C2H4O2.Cl3P/c1-2(3)4;1-4(2)3/h1H3,(H,3,4);. The van der Waals surface area contributed by atoms with Gasteiger partial charge in [0.15, 0.2) is 5.98 Å². The molecule has 6 heteroatoms. The Bertz CT molecular complexity index is 59.5. The van der Waals surface area contributed by atoms with Crippen LogP contribution in [0.2, 0.25) is 0 Å². The van der Waals surface area contributed by atoms with Crippen molar-refractivity contribution in [1.29, 1.82) is 0 Å². The van der Waals surface area contributed by atoms with E-state index >= 15 is 0 Å². The molecule has 0 radical (unpaired) electrons. The molecule has 2 nitrogen and oxygen atoms in total. The highest BCUT2D eigenvalue weighted by Gasteiger charge is 1.80. The molecular weight excluding hydrogens is 193 g/mol. The molecule has 1 N–H and O–H groups in total. The smallest absolute Gasteiger partial charge is 0.300 e. The molecule has 0 saturated heterocycles. The van der Waals surface area contributed by atoms with Crippen molar-refractivity contribution in [2.24, 2.45) is 0 Å². The molecule has 0 aromatic heterocycles. The van der Waals surface area contributed by atoms with Crippen molar-refractivity contribution in [2.75, 3.05) is 0 Å². The van der Waals surface area contributed by atoms with Crippen molar-refractivity contribution in [3.63, 3.8) is 0 Å². The lowest BCUT2D eigenvalue weighted by Gasteiger charge is -1.68. The minimum absolute atomic E-state index is 0.833. The summed E-state index contributed by atoms with van der Waals surface area (Å²) in [5.74, 6) is -2.04. The lowest BCUT2D eigenvalue weighted by Crippen LogP contribution is -1.78. The maximum Gasteiger partial charge on any atom is 0.300 e. The number of rotatable bonds is 0. The third-order valence-electron chi connectivity index (χ3n) is 0. The minimum atomic E-state index is -1.20. The SMILES string of the molecule is CC(=O)O.ClP(Cl)Cl. The van der Waals surface area contributed by atoms with Gasteiger partial charge in [-0.1, -0.05) is 33.7 Å². The summed E-state index contributed by atoms with van der Waals surface area (Å²) in [6, 6.07) is 0. The van der Waals surface area contributed by atoms with Crippen LogP contribution in [0.5, 0.6) is 0 Å². The highest BCUT2D eigenvalue weighted by molar-refractivity contribution is 8.20. The molecule has 0 aliphatic rings. The first-order valence-corrected chi connectivity index (χ1v) is 5.49. The van der Waals surface area contributed by atoms with Crippen molar-refractivity contribution < 1.29 is 9.90 Å². The van der Waals surface area contributed by atoms with Gasteiger partial charge in [0.05, 0.1) is 0 Å². The number of carboxylic acid groups (broad SMARTS) is 1. The molecule has 0 aliphatic carbocycles. The van der Waals surface area contributed by atoms with Gasteiger partial charge >= 0.3 is 0 Å². The van der Waals surface area contributed by atoms with Crippen molar-refractivity contribution in [2.45, 2.75) is 6.92 Å². The second kappa shape index (κ2) is 7.77. The van der Waals surface area contributed by atoms with E-state index in [1.54, 1.807) is 0 Å². The summed E-state index contributed by atoms with van der Waals surface area (Å²) in [5.41, 5.74) is 0. The van der Waals surface area contributed by atoms with Gasteiger partial charge in [-0.3, -0.25) is 4.79 Å². The van der Waals surface area contributed by atoms with Crippen molar-refractivity contribution in [1.82, 2.24) is 0 Å². The van der Waals surface area contributed by atoms with E-state index in [0.717, 1.165) is 6.92 Å². The van der Waals surface area contributed by atoms with E-state index in [4.69, 9.17) is 43.6 Å². The van der Waals surface area contributed by atoms with Crippen LogP contribution in [0, 0.1) is 0 Å². The van der Waals surface area contributed by atoms with Gasteiger partial charge in [0.25, 0.3) is 5.97 Å². The molecule has 0 atom stereocenters. The van der Waals surface area contributed by atoms with Crippen molar-refractivity contribution in [3.05, 3.63) is 0 Å². The van der Waals surface area contributed by atoms with Crippen LogP contribution >= 0.6 is 39.7 Å². The van der Waals surface area contributed by atoms with Crippen LogP contribution in [0.4, 0.5) is 0 Å². The Morgan fingerprint density at radius 3 is 1.50 bits per heavy atom. The van der Waals surface area contributed by atoms with Crippen LogP contribution in [-0.4, -0.2) is 11.1 Å². The van der Waals surface area contributed by atoms with E-state index in [1.807, 2.05) is 0 Å². The fourth-order valence-corrected chi connectivity index (χ4v) is 0. The lowest BCUT2D eigenvalue weighted by atomic mass is 10.9. The minimum Gasteiger partial charge on any atom is -0.481 e. The van der Waals surface area contributed by atoms with Crippen LogP contribution in [0.25, 0.3) is 0 Å². The molecule has 0 unspecified atom stereocenters. The Morgan fingerprint density at radius 1 is 1.50 bits per heavy atom. The number of aliphatic carboxylic acids is 1. The second-order valence-electron chi connectivity index (χ2n) is 0.711. The number of hydrogen-bond donors (Lipinski definition) is 1. The quantitative estimate of drug-likeness (QED) is 0.606. The molecule has 0 saturated carbocycles. The number of halogens is 3. The maximum absolute atomic E-state index is 9.00. The van der Waals surface area contributed by atoms with Gasteiger partial charge in [-0.15, -0.1) is 0 Å². The van der Waals surface area contributed by atoms with E-state index in [1.165, 1.54) is 0 Å². The Hall–Kier alpha value is 0.770. The van der Waals surface area contributed by atoms with Crippen LogP contribution in [-0.2, 0) is 4.79 Å². The van der Waals surface area contributed by atoms with E-state index in [0.29, 0.717) is 0 Å². The fraction of sp³-hybridized carbons (Fsp3) is 0.500. The molecule has 0 bridgehead atoms. The molecule has 50 valence electrons. The Morgan fingerprint density at radius 2 is 1.50 bits per heavy atom. The van der Waals surface area contributed by atoms with Gasteiger partial charge < -0.3 is 5.11 Å². The van der Waals surface area contributed by atoms with E-state index < -0.39 is 11.9 Å². The Balaban J connectivity index is 0. The van der Waals surface area contributed by atoms with E-state index in [9.17, 15) is 0 Å². The molecule has 0 aliphatic heterocycles. The zero-order chi connectivity index (χ0) is 7.15. The highest BCUT2D eigenvalue weighted by Crippen LogP contribution is 2.51. The van der Waals surface area contributed by atoms with E-state index in [2.05, 4.69) is 0 Å². The van der Waals surface area contributed by atoms with Gasteiger partial charge in [0.1, 0.15) is 0 Å². The third kappa shape index (κ3) is 380. The van der Waals surface area contributed by atoms with Gasteiger partial charge in [-0.05, 0) is 0 Å². The normalized spacial score (nSPS) is 7.62. The summed E-state index contributed by atoms with van der Waals surface area (Å²) in [5, 5.41) is 7.42. The topological polar surface area (TPSA) is 37.3 Å². The predicted octanol–water partition coefficient (Wildman–Crippen LogP) is 3.02. The average Bonchev–Trinajstić information content (AvgIpc) is 1.25. The van der Waals surface area contributed by atoms with Crippen LogP contribution < -0.4 is 0 Å². The molecule has 0 aromatic carbocycles. The van der Waals surface area contributed by atoms with Crippen molar-refractivity contribution >= 4 is 45.7 Å². The predicted molar refractivity (Wildman–Crippen MR) is 37.8 cm³/mol. The zero-order valence-corrected chi connectivity index (χ0v) is 7.10. The highest BCUT2D eigenvalue weighted by atomic mass is 36.0. The Kier molecular flexibility index (Phi) is 11.2. The Labute approximate surface area is 62.9 Å². The summed E-state index contributed by atoms with van der Waals surface area (Å²) in [6.45, 7) is 1.08. The lowest BCUT2D eigenvalue weighted by molar-refractivity contribution is -0.134. The van der Waals surface area contributed by atoms with Crippen LogP contribution in [0.1, 0.15) is 6.92 Å². The van der Waals surface area contributed by atoms with Crippen LogP contribution in [0.3, 0.4) is 0 Å². The van der Waals surface area contributed by atoms with Gasteiger partial charge in [0, 0.05) is 6.92 Å². The zero-order valence-electron chi connectivity index (χ0n) is 3.94. The van der Waals surface area contributed by atoms with Gasteiger partial charge in [0.2, 0.25) is 0 Å². The molecular formula is C2H4Cl3O2P. The first kappa shape index (κ1) is 11.6. The number of carboxylic acids is 1. The third-order valence-corrected chi connectivity index (χ3v) is 0.